The number of hydrogen-bond donors (Lipinski definition) is 4. The molecule has 3 aromatic carbocycles. The van der Waals surface area contributed by atoms with E-state index in [1.165, 1.54) is 39.3 Å². The van der Waals surface area contributed by atoms with Crippen LogP contribution in [-0.4, -0.2) is 167 Å². The maximum Gasteiger partial charge on any atom is 0.409 e. The molecule has 5 aromatic rings. The molecule has 6 amide bonds. The van der Waals surface area contributed by atoms with Gasteiger partial charge in [-0.1, -0.05) is 36.4 Å². The number of halogens is 5. The second-order valence-electron chi connectivity index (χ2n) is 18.5. The molecule has 22 nitrogen and oxygen atoms in total. The van der Waals surface area contributed by atoms with Crippen molar-refractivity contribution in [3.05, 3.63) is 154 Å². The van der Waals surface area contributed by atoms with Crippen LogP contribution in [0.25, 0.3) is 0 Å². The van der Waals surface area contributed by atoms with Crippen molar-refractivity contribution in [1.29, 1.82) is 0 Å². The maximum atomic E-state index is 14.8. The number of aryl methyl sites for hydroxylation is 2. The number of carbonyl (C=O) groups is 5. The third-order valence-electron chi connectivity index (χ3n) is 12.7. The molecule has 3 aliphatic heterocycles. The summed E-state index contributed by atoms with van der Waals surface area (Å²) in [4.78, 5) is 86.1. The average Bonchev–Trinajstić information content (AvgIpc) is 3.43. The number of nitrogens with one attached hydrogen (secondary N) is 3. The number of benzene rings is 3. The molecule has 458 valence electrons. The van der Waals surface area contributed by atoms with E-state index in [0.717, 1.165) is 23.1 Å². The summed E-state index contributed by atoms with van der Waals surface area (Å²) in [5, 5.41) is 18.5. The first-order chi connectivity index (χ1) is 37.7. The molecule has 0 saturated carbocycles. The minimum atomic E-state index is -0.794. The first-order valence-electron chi connectivity index (χ1n) is 25.3. The Hall–Kier alpha value is -7.18. The van der Waals surface area contributed by atoms with Crippen molar-refractivity contribution in [2.45, 2.75) is 47.3 Å². The molecule has 3 fully saturated rings. The molecule has 5 heterocycles. The number of nitrogen functional groups attached to an aromatic ring is 1. The number of carbonyl (C=O) groups excluding carboxylic acids is 5. The van der Waals surface area contributed by atoms with E-state index in [4.69, 9.17) is 5.73 Å². The van der Waals surface area contributed by atoms with Crippen LogP contribution in [0.3, 0.4) is 0 Å². The van der Waals surface area contributed by atoms with Crippen LogP contribution in [0.4, 0.5) is 56.0 Å². The van der Waals surface area contributed by atoms with E-state index in [1.54, 1.807) is 76.5 Å². The van der Waals surface area contributed by atoms with Gasteiger partial charge in [0.2, 0.25) is 17.6 Å². The van der Waals surface area contributed by atoms with Crippen molar-refractivity contribution >= 4 is 83.3 Å². The topological polar surface area (TPSA) is 254 Å². The largest absolute Gasteiger partial charge is 0.453 e. The van der Waals surface area contributed by atoms with Crippen molar-refractivity contribution in [3.63, 3.8) is 0 Å². The van der Waals surface area contributed by atoms with E-state index in [0.29, 0.717) is 108 Å². The normalized spacial score (nSPS) is 13.9. The predicted octanol–water partition coefficient (Wildman–Crippen LogP) is 8.39. The molecule has 0 unspecified atom stereocenters. The number of rotatable bonds is 10. The molecular formula is C55H73Cl2F3N13O9Pd-. The minimum absolute atomic E-state index is 0. The zero-order valence-corrected chi connectivity index (χ0v) is 50.5. The fourth-order valence-corrected chi connectivity index (χ4v) is 8.30. The van der Waals surface area contributed by atoms with Crippen LogP contribution in [0.5, 0.6) is 0 Å². The summed E-state index contributed by atoms with van der Waals surface area (Å²) in [5.41, 5.74) is 9.76. The molecule has 0 bridgehead atoms. The van der Waals surface area contributed by atoms with Gasteiger partial charge in [-0.2, -0.15) is 4.39 Å². The fraction of sp³-hybridized carbons (Fsp3) is 0.382. The van der Waals surface area contributed by atoms with Gasteiger partial charge in [0.05, 0.1) is 54.3 Å². The van der Waals surface area contributed by atoms with Gasteiger partial charge >= 0.3 is 23.9 Å². The Morgan fingerprint density at radius 3 is 1.37 bits per heavy atom. The summed E-state index contributed by atoms with van der Waals surface area (Å²) < 4.78 is 51.9. The Morgan fingerprint density at radius 2 is 0.976 bits per heavy atom. The number of anilines is 4. The number of urea groups is 1. The smallest absolute Gasteiger partial charge is 0.409 e. The molecule has 28 heteroatoms. The number of nitrogens with zero attached hydrogens (tertiary/aromatic N) is 9. The van der Waals surface area contributed by atoms with Gasteiger partial charge in [0, 0.05) is 167 Å². The summed E-state index contributed by atoms with van der Waals surface area (Å²) in [6.07, 6.45) is 2.49. The van der Waals surface area contributed by atoms with E-state index in [-0.39, 0.29) is 106 Å². The monoisotopic (exact) mass is 1290 g/mol. The molecule has 3 aliphatic rings. The number of methoxy groups -OCH3 is 2. The molecule has 0 spiro atoms. The van der Waals surface area contributed by atoms with Gasteiger partial charge in [-0.05, 0) is 50.2 Å². The van der Waals surface area contributed by atoms with Gasteiger partial charge in [-0.15, -0.1) is 24.8 Å². The third kappa shape index (κ3) is 23.9. The van der Waals surface area contributed by atoms with Crippen LogP contribution in [0.1, 0.15) is 41.9 Å². The van der Waals surface area contributed by atoms with E-state index < -0.39 is 28.3 Å². The van der Waals surface area contributed by atoms with Gasteiger partial charge < -0.3 is 53.3 Å². The Bertz CT molecular complexity index is 2870. The van der Waals surface area contributed by atoms with Crippen LogP contribution in [0.15, 0.2) is 91.3 Å². The maximum absolute atomic E-state index is 14.8. The van der Waals surface area contributed by atoms with Crippen molar-refractivity contribution in [3.8, 4) is 0 Å². The Balaban J connectivity index is 0.000000567. The van der Waals surface area contributed by atoms with Gasteiger partial charge in [-0.25, -0.2) is 23.2 Å². The van der Waals surface area contributed by atoms with Crippen LogP contribution in [0.2, 0.25) is 0 Å². The van der Waals surface area contributed by atoms with Gasteiger partial charge in [0.25, 0.3) is 0 Å². The number of ether oxygens (including phenoxy) is 2. The predicted molar refractivity (Wildman–Crippen MR) is 312 cm³/mol. The minimum Gasteiger partial charge on any atom is -0.453 e. The number of pyridine rings is 2. The number of piperazine rings is 3. The summed E-state index contributed by atoms with van der Waals surface area (Å²) in [6.45, 7) is 15.4. The Morgan fingerprint density at radius 1 is 0.578 bits per heavy atom. The van der Waals surface area contributed by atoms with Crippen molar-refractivity contribution < 1.29 is 72.0 Å². The first kappa shape index (κ1) is 73.8. The van der Waals surface area contributed by atoms with Crippen LogP contribution in [0, 0.1) is 48.8 Å². The second kappa shape index (κ2) is 37.1. The second-order valence-corrected chi connectivity index (χ2v) is 18.5. The number of nitrogens with two attached hydrogens (primary N) is 1. The molecular weight excluding hydrogens is 1220 g/mol. The Labute approximate surface area is 508 Å². The molecule has 5 N–H and O–H groups in total. The van der Waals surface area contributed by atoms with Crippen molar-refractivity contribution in [2.75, 3.05) is 114 Å². The Kier molecular flexibility index (Phi) is 33.0. The number of nitro groups is 1. The van der Waals surface area contributed by atoms with Crippen LogP contribution >= 0.6 is 24.8 Å². The summed E-state index contributed by atoms with van der Waals surface area (Å²) >= 11 is 0. The van der Waals surface area contributed by atoms with Crippen molar-refractivity contribution in [2.24, 2.45) is 0 Å². The molecule has 0 radical (unpaired) electrons. The average molecular weight is 1290 g/mol. The molecule has 2 aromatic heterocycles. The number of aromatic nitrogens is 2. The number of amides is 6. The zero-order chi connectivity index (χ0) is 57.6. The zero-order valence-electron chi connectivity index (χ0n) is 47.3. The summed E-state index contributed by atoms with van der Waals surface area (Å²) in [6, 6.07) is 20.8. The van der Waals surface area contributed by atoms with Crippen LogP contribution < -0.4 is 21.7 Å². The van der Waals surface area contributed by atoms with Gasteiger partial charge in [-0.3, -0.25) is 44.4 Å². The quantitative estimate of drug-likeness (QED) is 0.0337. The number of nitro benzene ring substituents is 1. The third-order valence-corrected chi connectivity index (χ3v) is 12.7. The standard InChI is InChI=1S/C20H24FN5O2.C13H16FN3O4.C13H18FN3O2.C8H10N2O.CH3.2ClH.Pd/c1-14-6-7-17(12-22-14)23-20(28)24-18-5-3-4-16(19(18)21)13-25-8-10-26(11-9-25)15(2)27;1-21-13(18)16-7-5-15(6-8-16)9-10-3-2-4-11(12(10)14)17(19)20;1-19-13(18)17-7-5-16(6-8-17)9-10-3-2-4-11(15)12(10)14;1-6-3-4-8(5-9-6)10-7(2)11;;;;/h3-7,12H,8-11,13H2,1-2H3,(H2,23,24,28);2-4H,5-9H2,1H3;2-4H,5-9,15H2,1H3;3-5H,1-2H3,(H,10,11);1H3;2*1H;/q;;;;-1;;;. The summed E-state index contributed by atoms with van der Waals surface area (Å²) in [5.74, 6) is -1.60. The van der Waals surface area contributed by atoms with Gasteiger partial charge in [0.15, 0.2) is 11.6 Å². The molecule has 0 atom stereocenters. The summed E-state index contributed by atoms with van der Waals surface area (Å²) in [7, 11) is 2.70. The van der Waals surface area contributed by atoms with Gasteiger partial charge in [0.1, 0.15) is 0 Å². The molecule has 83 heavy (non-hydrogen) atoms. The van der Waals surface area contributed by atoms with E-state index in [2.05, 4.69) is 45.2 Å². The van der Waals surface area contributed by atoms with Crippen molar-refractivity contribution in [1.82, 2.24) is 39.4 Å². The van der Waals surface area contributed by atoms with Crippen LogP contribution in [-0.2, 0) is 59.1 Å². The molecule has 0 aliphatic carbocycles. The fourth-order valence-electron chi connectivity index (χ4n) is 8.30. The molecule has 3 saturated heterocycles. The van der Waals surface area contributed by atoms with E-state index in [9.17, 15) is 47.3 Å². The first-order valence-corrected chi connectivity index (χ1v) is 25.3. The number of hydrogen-bond acceptors (Lipinski definition) is 15. The molecule has 8 rings (SSSR count). The van der Waals surface area contributed by atoms with E-state index in [1.807, 2.05) is 30.9 Å². The SMILES string of the molecule is CC(=O)N1CCN(Cc2cccc(NC(=O)Nc3ccc(C)nc3)c2F)CC1.CC(=O)Nc1ccc(C)nc1.COC(=O)N1CCN(Cc2cccc(N)c2F)CC1.COC(=O)N1CCN(Cc2cccc([N+](=O)[O-])c2F)CC1.Cl.Cl.[CH3-].[Pd]. The van der Waals surface area contributed by atoms with E-state index >= 15 is 0 Å².